The van der Waals surface area contributed by atoms with Crippen LogP contribution in [0.1, 0.15) is 11.1 Å². The van der Waals surface area contributed by atoms with Gasteiger partial charge in [0.25, 0.3) is 0 Å². The van der Waals surface area contributed by atoms with Gasteiger partial charge in [0.15, 0.2) is 29.0 Å². The minimum Gasteiger partial charge on any atom is -0.483 e. The second-order valence-corrected chi connectivity index (χ2v) is 4.62. The maximum atomic E-state index is 13.6. The molecule has 0 fully saturated rings. The van der Waals surface area contributed by atoms with E-state index in [1.165, 1.54) is 6.07 Å². The summed E-state index contributed by atoms with van der Waals surface area (Å²) in [5, 5.41) is 0.310. The topological polar surface area (TPSA) is 9.23 Å². The van der Waals surface area contributed by atoms with Gasteiger partial charge >= 0.3 is 0 Å². The summed E-state index contributed by atoms with van der Waals surface area (Å²) in [6, 6.07) is 5.39. The summed E-state index contributed by atoms with van der Waals surface area (Å²) in [6.45, 7) is -0.265. The molecular weight excluding hydrogens is 340 g/mol. The van der Waals surface area contributed by atoms with Crippen molar-refractivity contribution in [2.24, 2.45) is 0 Å². The van der Waals surface area contributed by atoms with Gasteiger partial charge in [0, 0.05) is 5.33 Å². The Morgan fingerprint density at radius 2 is 1.40 bits per heavy atom. The van der Waals surface area contributed by atoms with E-state index >= 15 is 0 Å². The van der Waals surface area contributed by atoms with E-state index in [0.717, 1.165) is 24.3 Å². The summed E-state index contributed by atoms with van der Waals surface area (Å²) in [4.78, 5) is 0. The predicted octanol–water partition coefficient (Wildman–Crippen LogP) is 4.72. The van der Waals surface area contributed by atoms with Crippen LogP contribution in [0.25, 0.3) is 0 Å². The molecule has 0 amide bonds. The molecule has 0 aliphatic carbocycles. The molecule has 2 aromatic carbocycles. The molecule has 20 heavy (non-hydrogen) atoms. The van der Waals surface area contributed by atoms with E-state index in [-0.39, 0.29) is 12.2 Å². The van der Waals surface area contributed by atoms with E-state index in [1.54, 1.807) is 0 Å². The molecule has 0 heterocycles. The van der Waals surface area contributed by atoms with E-state index < -0.39 is 29.0 Å². The van der Waals surface area contributed by atoms with Crippen LogP contribution in [0, 0.1) is 23.3 Å². The normalized spacial score (nSPS) is 10.7. The minimum absolute atomic E-state index is 0.265. The number of alkyl halides is 1. The SMILES string of the molecule is Fc1ccc(COc2c(F)cc(CBr)cc2F)cc1F. The Morgan fingerprint density at radius 3 is 1.95 bits per heavy atom. The second kappa shape index (κ2) is 6.26. The van der Waals surface area contributed by atoms with Gasteiger partial charge in [-0.3, -0.25) is 0 Å². The lowest BCUT2D eigenvalue weighted by atomic mass is 10.2. The van der Waals surface area contributed by atoms with E-state index in [4.69, 9.17) is 4.74 Å². The first-order chi connectivity index (χ1) is 9.51. The quantitative estimate of drug-likeness (QED) is 0.574. The molecule has 1 nitrogen and oxygen atoms in total. The molecule has 0 aromatic heterocycles. The molecule has 0 saturated heterocycles. The van der Waals surface area contributed by atoms with E-state index in [0.29, 0.717) is 10.9 Å². The van der Waals surface area contributed by atoms with Gasteiger partial charge in [-0.25, -0.2) is 17.6 Å². The fourth-order valence-corrected chi connectivity index (χ4v) is 1.94. The molecule has 0 unspecified atom stereocenters. The lowest BCUT2D eigenvalue weighted by Crippen LogP contribution is -2.01. The maximum Gasteiger partial charge on any atom is 0.191 e. The first-order valence-corrected chi connectivity index (χ1v) is 6.74. The van der Waals surface area contributed by atoms with Crippen molar-refractivity contribution in [2.75, 3.05) is 0 Å². The van der Waals surface area contributed by atoms with Crippen molar-refractivity contribution in [1.29, 1.82) is 0 Å². The summed E-state index contributed by atoms with van der Waals surface area (Å²) in [5.41, 5.74) is 0.701. The van der Waals surface area contributed by atoms with Crippen molar-refractivity contribution in [3.05, 3.63) is 64.7 Å². The standard InChI is InChI=1S/C14H9BrF4O/c15-6-9-4-12(18)14(13(19)5-9)20-7-8-1-2-10(16)11(17)3-8/h1-5H,6-7H2. The Kier molecular flexibility index (Phi) is 4.65. The van der Waals surface area contributed by atoms with Crippen LogP contribution < -0.4 is 4.74 Å². The Balaban J connectivity index is 2.16. The van der Waals surface area contributed by atoms with Crippen LogP contribution in [0.5, 0.6) is 5.75 Å². The zero-order valence-electron chi connectivity index (χ0n) is 10.1. The summed E-state index contributed by atoms with van der Waals surface area (Å²) >= 11 is 3.09. The molecular formula is C14H9BrF4O. The monoisotopic (exact) mass is 348 g/mol. The van der Waals surface area contributed by atoms with Crippen LogP contribution >= 0.6 is 15.9 Å². The van der Waals surface area contributed by atoms with Crippen LogP contribution in [-0.4, -0.2) is 0 Å². The third-order valence-corrected chi connectivity index (χ3v) is 3.23. The smallest absolute Gasteiger partial charge is 0.191 e. The fraction of sp³-hybridized carbons (Fsp3) is 0.143. The van der Waals surface area contributed by atoms with Crippen molar-refractivity contribution in [3.8, 4) is 5.75 Å². The summed E-state index contributed by atoms with van der Waals surface area (Å²) in [7, 11) is 0. The van der Waals surface area contributed by atoms with Gasteiger partial charge in [0.1, 0.15) is 6.61 Å². The van der Waals surface area contributed by atoms with Gasteiger partial charge in [0.05, 0.1) is 0 Å². The fourth-order valence-electron chi connectivity index (χ4n) is 1.61. The molecule has 2 aromatic rings. The van der Waals surface area contributed by atoms with E-state index in [9.17, 15) is 17.6 Å². The van der Waals surface area contributed by atoms with Crippen molar-refractivity contribution < 1.29 is 22.3 Å². The summed E-state index contributed by atoms with van der Waals surface area (Å²) in [6.07, 6.45) is 0. The second-order valence-electron chi connectivity index (χ2n) is 4.06. The molecule has 0 N–H and O–H groups in total. The molecule has 0 aliphatic heterocycles. The number of ether oxygens (including phenoxy) is 1. The molecule has 0 radical (unpaired) electrons. The largest absolute Gasteiger partial charge is 0.483 e. The Hall–Kier alpha value is -1.56. The highest BCUT2D eigenvalue weighted by molar-refractivity contribution is 9.08. The molecule has 0 saturated carbocycles. The van der Waals surface area contributed by atoms with Gasteiger partial charge in [0.2, 0.25) is 0 Å². The molecule has 2 rings (SSSR count). The third-order valence-electron chi connectivity index (χ3n) is 2.58. The van der Waals surface area contributed by atoms with Crippen LogP contribution in [0.3, 0.4) is 0 Å². The summed E-state index contributed by atoms with van der Waals surface area (Å²) in [5.74, 6) is -4.27. The predicted molar refractivity (Wildman–Crippen MR) is 69.7 cm³/mol. The van der Waals surface area contributed by atoms with Gasteiger partial charge in [-0.1, -0.05) is 22.0 Å². The van der Waals surface area contributed by atoms with Gasteiger partial charge < -0.3 is 4.74 Å². The zero-order valence-corrected chi connectivity index (χ0v) is 11.7. The number of hydrogen-bond acceptors (Lipinski definition) is 1. The van der Waals surface area contributed by atoms with Crippen molar-refractivity contribution in [3.63, 3.8) is 0 Å². The number of halogens is 5. The van der Waals surface area contributed by atoms with Crippen LogP contribution in [0.4, 0.5) is 17.6 Å². The zero-order chi connectivity index (χ0) is 14.7. The minimum atomic E-state index is -1.04. The Labute approximate surface area is 121 Å². The molecule has 0 aliphatic rings. The lowest BCUT2D eigenvalue weighted by Gasteiger charge is -2.10. The highest BCUT2D eigenvalue weighted by atomic mass is 79.9. The number of benzene rings is 2. The third kappa shape index (κ3) is 3.30. The van der Waals surface area contributed by atoms with Crippen molar-refractivity contribution in [1.82, 2.24) is 0 Å². The van der Waals surface area contributed by atoms with Gasteiger partial charge in [-0.15, -0.1) is 0 Å². The van der Waals surface area contributed by atoms with Crippen LogP contribution in [0.15, 0.2) is 30.3 Å². The maximum absolute atomic E-state index is 13.6. The lowest BCUT2D eigenvalue weighted by molar-refractivity contribution is 0.273. The molecule has 0 atom stereocenters. The Morgan fingerprint density at radius 1 is 0.800 bits per heavy atom. The molecule has 0 spiro atoms. The summed E-state index contributed by atoms with van der Waals surface area (Å²) < 4.78 is 58.0. The van der Waals surface area contributed by atoms with E-state index in [1.807, 2.05) is 0 Å². The van der Waals surface area contributed by atoms with E-state index in [2.05, 4.69) is 15.9 Å². The van der Waals surface area contributed by atoms with Gasteiger partial charge in [-0.2, -0.15) is 0 Å². The Bertz CT molecular complexity index is 608. The molecule has 6 heteroatoms. The highest BCUT2D eigenvalue weighted by Gasteiger charge is 2.13. The number of hydrogen-bond donors (Lipinski definition) is 0. The van der Waals surface area contributed by atoms with Crippen LogP contribution in [0.2, 0.25) is 0 Å². The first-order valence-electron chi connectivity index (χ1n) is 5.62. The van der Waals surface area contributed by atoms with Crippen molar-refractivity contribution >= 4 is 15.9 Å². The van der Waals surface area contributed by atoms with Crippen molar-refractivity contribution in [2.45, 2.75) is 11.9 Å². The number of rotatable bonds is 4. The first kappa shape index (κ1) is 14.8. The average molecular weight is 349 g/mol. The highest BCUT2D eigenvalue weighted by Crippen LogP contribution is 2.25. The molecule has 0 bridgehead atoms. The average Bonchev–Trinajstić information content (AvgIpc) is 2.41. The van der Waals surface area contributed by atoms with Crippen LogP contribution in [-0.2, 0) is 11.9 Å². The van der Waals surface area contributed by atoms with Gasteiger partial charge in [-0.05, 0) is 35.4 Å². The molecule has 106 valence electrons.